The summed E-state index contributed by atoms with van der Waals surface area (Å²) in [5.74, 6) is -0.179. The number of rotatable bonds is 5. The number of piperazine rings is 1. The lowest BCUT2D eigenvalue weighted by Crippen LogP contribution is -2.54. The van der Waals surface area contributed by atoms with Gasteiger partial charge in [-0.25, -0.2) is 4.39 Å². The summed E-state index contributed by atoms with van der Waals surface area (Å²) in [5, 5.41) is 2.86. The van der Waals surface area contributed by atoms with Crippen molar-refractivity contribution in [3.63, 3.8) is 0 Å². The number of hydrogen-bond acceptors (Lipinski definition) is 4. The van der Waals surface area contributed by atoms with Gasteiger partial charge in [0.2, 0.25) is 5.91 Å². The van der Waals surface area contributed by atoms with E-state index < -0.39 is 0 Å². The summed E-state index contributed by atoms with van der Waals surface area (Å²) < 4.78 is 14.5. The lowest BCUT2D eigenvalue weighted by molar-refractivity contribution is -0.140. The van der Waals surface area contributed by atoms with Crippen molar-refractivity contribution in [1.82, 2.24) is 14.8 Å². The fourth-order valence-corrected chi connectivity index (χ4v) is 5.10. The Labute approximate surface area is 195 Å². The Morgan fingerprint density at radius 2 is 1.94 bits per heavy atom. The second kappa shape index (κ2) is 10.00. The van der Waals surface area contributed by atoms with E-state index in [9.17, 15) is 14.0 Å². The fraction of sp³-hybridized carbons (Fsp3) is 0.500. The molecule has 2 aromatic rings. The van der Waals surface area contributed by atoms with Gasteiger partial charge < -0.3 is 10.2 Å². The molecule has 2 fully saturated rings. The first kappa shape index (κ1) is 23.4. The molecule has 2 heterocycles. The SMILES string of the molecule is Cc1ncccc1C(=O)Nc1cc(F)cc(CN2CCN(C(=O)C3CCCC3)[C@@H](C)C2)c1C. The standard InChI is InChI=1S/C26H33FN4O2/c1-17-15-30(11-12-31(17)26(33)20-7-4-5-8-20)16-21-13-22(27)14-24(18(21)2)29-25(32)23-9-6-10-28-19(23)3/h6,9-10,13-14,17,20H,4-5,7-8,11-12,15-16H2,1-3H3,(H,29,32)/t17-/m0/s1. The van der Waals surface area contributed by atoms with Crippen molar-refractivity contribution in [3.05, 3.63) is 58.7 Å². The fourth-order valence-electron chi connectivity index (χ4n) is 5.10. The zero-order valence-electron chi connectivity index (χ0n) is 19.7. The van der Waals surface area contributed by atoms with Crippen molar-refractivity contribution in [2.75, 3.05) is 25.0 Å². The van der Waals surface area contributed by atoms with Gasteiger partial charge in [0.1, 0.15) is 5.82 Å². The second-order valence-corrected chi connectivity index (χ2v) is 9.43. The van der Waals surface area contributed by atoms with Crippen molar-refractivity contribution in [2.24, 2.45) is 5.92 Å². The van der Waals surface area contributed by atoms with Crippen LogP contribution in [0.4, 0.5) is 10.1 Å². The van der Waals surface area contributed by atoms with Crippen molar-refractivity contribution in [1.29, 1.82) is 0 Å². The lowest BCUT2D eigenvalue weighted by Gasteiger charge is -2.41. The molecule has 0 radical (unpaired) electrons. The minimum atomic E-state index is -0.378. The van der Waals surface area contributed by atoms with Crippen molar-refractivity contribution < 1.29 is 14.0 Å². The van der Waals surface area contributed by atoms with E-state index >= 15 is 0 Å². The van der Waals surface area contributed by atoms with Gasteiger partial charge in [-0.2, -0.15) is 0 Å². The molecule has 1 aliphatic heterocycles. The molecule has 1 aliphatic carbocycles. The molecule has 2 aliphatic rings. The summed E-state index contributed by atoms with van der Waals surface area (Å²) in [5.41, 5.74) is 3.27. The molecule has 1 N–H and O–H groups in total. The highest BCUT2D eigenvalue weighted by atomic mass is 19.1. The first-order chi connectivity index (χ1) is 15.8. The molecule has 1 saturated carbocycles. The van der Waals surface area contributed by atoms with Gasteiger partial charge in [0.25, 0.3) is 5.91 Å². The summed E-state index contributed by atoms with van der Waals surface area (Å²) in [7, 11) is 0. The Hall–Kier alpha value is -2.80. The Morgan fingerprint density at radius 1 is 1.18 bits per heavy atom. The summed E-state index contributed by atoms with van der Waals surface area (Å²) in [6, 6.07) is 6.46. The number of nitrogens with one attached hydrogen (secondary N) is 1. The topological polar surface area (TPSA) is 65.5 Å². The normalized spacial score (nSPS) is 19.6. The largest absolute Gasteiger partial charge is 0.337 e. The summed E-state index contributed by atoms with van der Waals surface area (Å²) in [4.78, 5) is 34.1. The maximum atomic E-state index is 14.5. The molecule has 2 amide bonds. The number of nitrogens with zero attached hydrogens (tertiary/aromatic N) is 3. The number of aromatic nitrogens is 1. The number of aryl methyl sites for hydroxylation is 1. The predicted octanol–water partition coefficient (Wildman–Crippen LogP) is 4.31. The van der Waals surface area contributed by atoms with Crippen LogP contribution in [-0.4, -0.2) is 52.3 Å². The van der Waals surface area contributed by atoms with Crippen LogP contribution in [0.25, 0.3) is 0 Å². The van der Waals surface area contributed by atoms with Crippen molar-refractivity contribution >= 4 is 17.5 Å². The van der Waals surface area contributed by atoms with E-state index in [-0.39, 0.29) is 23.7 Å². The second-order valence-electron chi connectivity index (χ2n) is 9.43. The van der Waals surface area contributed by atoms with Crippen LogP contribution in [0.15, 0.2) is 30.5 Å². The maximum Gasteiger partial charge on any atom is 0.257 e. The third-order valence-corrected chi connectivity index (χ3v) is 7.07. The molecule has 33 heavy (non-hydrogen) atoms. The number of carbonyl (C=O) groups excluding carboxylic acids is 2. The Morgan fingerprint density at radius 3 is 2.64 bits per heavy atom. The predicted molar refractivity (Wildman–Crippen MR) is 126 cm³/mol. The van der Waals surface area contributed by atoms with Gasteiger partial charge in [-0.3, -0.25) is 19.5 Å². The molecular weight excluding hydrogens is 419 g/mol. The highest BCUT2D eigenvalue weighted by molar-refractivity contribution is 6.05. The average Bonchev–Trinajstić information content (AvgIpc) is 3.32. The van der Waals surface area contributed by atoms with Crippen LogP contribution in [0.5, 0.6) is 0 Å². The lowest BCUT2D eigenvalue weighted by atomic mass is 10.0. The van der Waals surface area contributed by atoms with Crippen LogP contribution in [0.1, 0.15) is 59.8 Å². The molecule has 0 bridgehead atoms. The number of amides is 2. The van der Waals surface area contributed by atoms with E-state index in [1.165, 1.54) is 6.07 Å². The summed E-state index contributed by atoms with van der Waals surface area (Å²) in [6.07, 6.45) is 5.98. The van der Waals surface area contributed by atoms with E-state index in [0.29, 0.717) is 35.9 Å². The van der Waals surface area contributed by atoms with Crippen LogP contribution in [0, 0.1) is 25.6 Å². The number of anilines is 1. The average molecular weight is 453 g/mol. The Bertz CT molecular complexity index is 1030. The Balaban J connectivity index is 1.43. The first-order valence-corrected chi connectivity index (χ1v) is 11.9. The van der Waals surface area contributed by atoms with Gasteiger partial charge in [0.05, 0.1) is 5.56 Å². The number of hydrogen-bond donors (Lipinski definition) is 1. The minimum Gasteiger partial charge on any atom is -0.337 e. The summed E-state index contributed by atoms with van der Waals surface area (Å²) in [6.45, 7) is 8.57. The summed E-state index contributed by atoms with van der Waals surface area (Å²) >= 11 is 0. The molecule has 0 unspecified atom stereocenters. The number of benzene rings is 1. The molecule has 1 aromatic heterocycles. The van der Waals surface area contributed by atoms with Crippen LogP contribution in [-0.2, 0) is 11.3 Å². The highest BCUT2D eigenvalue weighted by Gasteiger charge is 2.33. The Kier molecular flexibility index (Phi) is 7.08. The van der Waals surface area contributed by atoms with Crippen LogP contribution in [0.2, 0.25) is 0 Å². The van der Waals surface area contributed by atoms with Crippen LogP contribution >= 0.6 is 0 Å². The third-order valence-electron chi connectivity index (χ3n) is 7.07. The molecule has 176 valence electrons. The zero-order valence-corrected chi connectivity index (χ0v) is 19.7. The van der Waals surface area contributed by atoms with E-state index in [1.807, 2.05) is 11.8 Å². The molecule has 7 heteroatoms. The molecular formula is C26H33FN4O2. The quantitative estimate of drug-likeness (QED) is 0.734. The van der Waals surface area contributed by atoms with E-state index in [4.69, 9.17) is 0 Å². The number of halogens is 1. The van der Waals surface area contributed by atoms with Crippen LogP contribution < -0.4 is 5.32 Å². The minimum absolute atomic E-state index is 0.133. The van der Waals surface area contributed by atoms with Gasteiger partial charge in [-0.05, 0) is 69.0 Å². The third kappa shape index (κ3) is 5.24. The smallest absolute Gasteiger partial charge is 0.257 e. The van der Waals surface area contributed by atoms with E-state index in [2.05, 4.69) is 22.1 Å². The van der Waals surface area contributed by atoms with Gasteiger partial charge in [-0.15, -0.1) is 0 Å². The molecule has 0 spiro atoms. The van der Waals surface area contributed by atoms with Crippen molar-refractivity contribution in [2.45, 2.75) is 59.0 Å². The van der Waals surface area contributed by atoms with E-state index in [1.54, 1.807) is 31.3 Å². The maximum absolute atomic E-state index is 14.5. The van der Waals surface area contributed by atoms with Gasteiger partial charge in [0.15, 0.2) is 0 Å². The first-order valence-electron chi connectivity index (χ1n) is 11.9. The van der Waals surface area contributed by atoms with E-state index in [0.717, 1.165) is 49.9 Å². The van der Waals surface area contributed by atoms with Crippen LogP contribution in [0.3, 0.4) is 0 Å². The molecule has 4 rings (SSSR count). The molecule has 1 atom stereocenters. The van der Waals surface area contributed by atoms with Gasteiger partial charge in [0, 0.05) is 55.7 Å². The molecule has 1 aromatic carbocycles. The number of pyridine rings is 1. The van der Waals surface area contributed by atoms with Gasteiger partial charge >= 0.3 is 0 Å². The van der Waals surface area contributed by atoms with Gasteiger partial charge in [-0.1, -0.05) is 12.8 Å². The highest BCUT2D eigenvalue weighted by Crippen LogP contribution is 2.29. The molecule has 1 saturated heterocycles. The van der Waals surface area contributed by atoms with Crippen molar-refractivity contribution in [3.8, 4) is 0 Å². The zero-order chi connectivity index (χ0) is 23.5. The number of carbonyl (C=O) groups is 2. The monoisotopic (exact) mass is 452 g/mol. The molecule has 6 nitrogen and oxygen atoms in total.